The molecule has 1 fully saturated rings. The summed E-state index contributed by atoms with van der Waals surface area (Å²) in [5.41, 5.74) is 3.44. The minimum Gasteiger partial charge on any atom is -0.507 e. The molecule has 0 spiro atoms. The molecule has 0 radical (unpaired) electrons. The fraction of sp³-hybridized carbons (Fsp3) is 0.429. The second-order valence-electron chi connectivity index (χ2n) is 9.60. The summed E-state index contributed by atoms with van der Waals surface area (Å²) in [7, 11) is 0. The summed E-state index contributed by atoms with van der Waals surface area (Å²) in [6.45, 7) is 8.68. The molecule has 5 nitrogen and oxygen atoms in total. The van der Waals surface area contributed by atoms with Crippen LogP contribution in [0, 0.1) is 0 Å². The van der Waals surface area contributed by atoms with Crippen molar-refractivity contribution < 1.29 is 9.52 Å². The smallest absolute Gasteiger partial charge is 0.203 e. The number of nitrogens with zero attached hydrogens (tertiary/aromatic N) is 2. The van der Waals surface area contributed by atoms with Crippen molar-refractivity contribution in [3.8, 4) is 16.3 Å². The molecular formula is C28H32N2O3S. The highest BCUT2D eigenvalue weighted by Gasteiger charge is 2.26. The van der Waals surface area contributed by atoms with E-state index in [1.807, 2.05) is 51.1 Å². The Kier molecular flexibility index (Phi) is 6.45. The van der Waals surface area contributed by atoms with E-state index in [0.29, 0.717) is 40.3 Å². The number of hydrogen-bond donors (Lipinski definition) is 1. The maximum atomic E-state index is 14.0. The molecule has 0 atom stereocenters. The summed E-state index contributed by atoms with van der Waals surface area (Å²) in [4.78, 5) is 21.2. The molecule has 2 aromatic carbocycles. The van der Waals surface area contributed by atoms with E-state index in [4.69, 9.17) is 9.40 Å². The van der Waals surface area contributed by atoms with Crippen LogP contribution in [0.15, 0.2) is 39.5 Å². The Morgan fingerprint density at radius 3 is 2.56 bits per heavy atom. The van der Waals surface area contributed by atoms with Gasteiger partial charge in [-0.15, -0.1) is 11.3 Å². The number of phenolic OH excluding ortho intramolecular Hbond substituents is 1. The Balaban J connectivity index is 1.75. The zero-order valence-corrected chi connectivity index (χ0v) is 21.0. The second-order valence-corrected chi connectivity index (χ2v) is 10.6. The maximum Gasteiger partial charge on any atom is 0.203 e. The van der Waals surface area contributed by atoms with Gasteiger partial charge in [0.25, 0.3) is 0 Å². The summed E-state index contributed by atoms with van der Waals surface area (Å²) >= 11 is 1.52. The van der Waals surface area contributed by atoms with Gasteiger partial charge in [0.05, 0.1) is 26.7 Å². The van der Waals surface area contributed by atoms with Crippen LogP contribution in [0.5, 0.6) is 5.75 Å². The van der Waals surface area contributed by atoms with Crippen LogP contribution < -0.4 is 5.43 Å². The van der Waals surface area contributed by atoms with Crippen molar-refractivity contribution in [2.45, 2.75) is 65.3 Å². The van der Waals surface area contributed by atoms with Crippen molar-refractivity contribution >= 4 is 32.5 Å². The first kappa shape index (κ1) is 23.1. The van der Waals surface area contributed by atoms with Gasteiger partial charge in [0.2, 0.25) is 5.43 Å². The van der Waals surface area contributed by atoms with Crippen LogP contribution in [0.2, 0.25) is 0 Å². The van der Waals surface area contributed by atoms with Gasteiger partial charge in [-0.1, -0.05) is 45.7 Å². The van der Waals surface area contributed by atoms with Gasteiger partial charge >= 0.3 is 0 Å². The number of likely N-dealkylation sites (tertiary alicyclic amines) is 1. The molecule has 1 saturated heterocycles. The van der Waals surface area contributed by atoms with Crippen LogP contribution in [0.3, 0.4) is 0 Å². The number of hydrogen-bond acceptors (Lipinski definition) is 6. The Bertz CT molecular complexity index is 1360. The van der Waals surface area contributed by atoms with Crippen LogP contribution >= 0.6 is 11.3 Å². The molecule has 0 bridgehead atoms. The fourth-order valence-electron chi connectivity index (χ4n) is 4.99. The van der Waals surface area contributed by atoms with Gasteiger partial charge in [0.15, 0.2) is 0 Å². The van der Waals surface area contributed by atoms with Crippen LogP contribution in [-0.2, 0) is 13.0 Å². The molecule has 3 heterocycles. The molecule has 5 rings (SSSR count). The average molecular weight is 477 g/mol. The number of aromatic hydroxyl groups is 1. The zero-order chi connectivity index (χ0) is 23.8. The van der Waals surface area contributed by atoms with E-state index in [2.05, 4.69) is 4.90 Å². The SMILES string of the molecule is CCc1cc2c(=O)c(-c3nc4ccccc4s3)c(C(C)C)oc2c(CN2CCCCCC2)c1O. The topological polar surface area (TPSA) is 66.6 Å². The molecule has 0 aliphatic carbocycles. The summed E-state index contributed by atoms with van der Waals surface area (Å²) in [5.74, 6) is 0.903. The number of rotatable bonds is 5. The number of thiazole rings is 1. The Hall–Kier alpha value is -2.70. The van der Waals surface area contributed by atoms with E-state index in [-0.39, 0.29) is 17.1 Å². The Morgan fingerprint density at radius 2 is 1.88 bits per heavy atom. The van der Waals surface area contributed by atoms with Crippen molar-refractivity contribution in [1.29, 1.82) is 0 Å². The standard InChI is InChI=1S/C28H32N2O3S/c1-4-18-15-19-25(32)23(28-29-21-11-7-8-12-22(21)34-28)26(17(2)3)33-27(19)20(24(18)31)16-30-13-9-5-6-10-14-30/h7-8,11-12,15,17,31H,4-6,9-10,13-14,16H2,1-3H3. The van der Waals surface area contributed by atoms with Crippen molar-refractivity contribution in [2.24, 2.45) is 0 Å². The number of para-hydroxylation sites is 1. The molecule has 1 aliphatic rings. The van der Waals surface area contributed by atoms with Gasteiger partial charge in [-0.25, -0.2) is 4.98 Å². The van der Waals surface area contributed by atoms with Gasteiger partial charge in [-0.05, 0) is 56.1 Å². The predicted octanol–water partition coefficient (Wildman–Crippen LogP) is 6.84. The normalized spacial score (nSPS) is 15.4. The van der Waals surface area contributed by atoms with E-state index >= 15 is 0 Å². The third-order valence-corrected chi connectivity index (χ3v) is 7.90. The van der Waals surface area contributed by atoms with Crippen LogP contribution in [0.25, 0.3) is 31.8 Å². The summed E-state index contributed by atoms with van der Waals surface area (Å²) in [5, 5.41) is 12.4. The molecule has 178 valence electrons. The van der Waals surface area contributed by atoms with E-state index < -0.39 is 0 Å². The van der Waals surface area contributed by atoms with E-state index in [0.717, 1.165) is 47.3 Å². The molecule has 1 aliphatic heterocycles. The highest BCUT2D eigenvalue weighted by Crippen LogP contribution is 2.38. The molecule has 0 amide bonds. The molecule has 6 heteroatoms. The second kappa shape index (κ2) is 9.51. The van der Waals surface area contributed by atoms with Crippen molar-refractivity contribution in [1.82, 2.24) is 9.88 Å². The van der Waals surface area contributed by atoms with Gasteiger partial charge in [-0.2, -0.15) is 0 Å². The van der Waals surface area contributed by atoms with Crippen LogP contribution in [-0.4, -0.2) is 28.1 Å². The molecule has 0 saturated carbocycles. The molecule has 0 unspecified atom stereocenters. The fourth-order valence-corrected chi connectivity index (χ4v) is 6.00. The first-order chi connectivity index (χ1) is 16.5. The number of fused-ring (bicyclic) bond motifs is 2. The third-order valence-electron chi connectivity index (χ3n) is 6.85. The molecule has 4 aromatic rings. The van der Waals surface area contributed by atoms with Crippen molar-refractivity contribution in [3.63, 3.8) is 0 Å². The van der Waals surface area contributed by atoms with Crippen molar-refractivity contribution in [3.05, 3.63) is 57.4 Å². The van der Waals surface area contributed by atoms with Crippen LogP contribution in [0.1, 0.15) is 69.3 Å². The monoisotopic (exact) mass is 476 g/mol. The summed E-state index contributed by atoms with van der Waals surface area (Å²) < 4.78 is 7.60. The third kappa shape index (κ3) is 4.14. The Labute approximate surface area is 204 Å². The summed E-state index contributed by atoms with van der Waals surface area (Å²) in [6.07, 6.45) is 5.47. The van der Waals surface area contributed by atoms with Gasteiger partial charge < -0.3 is 9.52 Å². The lowest BCUT2D eigenvalue weighted by atomic mass is 9.98. The molecule has 34 heavy (non-hydrogen) atoms. The van der Waals surface area contributed by atoms with Crippen LogP contribution in [0.4, 0.5) is 0 Å². The summed E-state index contributed by atoms with van der Waals surface area (Å²) in [6, 6.07) is 9.77. The highest BCUT2D eigenvalue weighted by molar-refractivity contribution is 7.21. The lowest BCUT2D eigenvalue weighted by molar-refractivity contribution is 0.272. The average Bonchev–Trinajstić information content (AvgIpc) is 3.08. The predicted molar refractivity (Wildman–Crippen MR) is 140 cm³/mol. The highest BCUT2D eigenvalue weighted by atomic mass is 32.1. The van der Waals surface area contributed by atoms with Gasteiger partial charge in [-0.3, -0.25) is 9.69 Å². The first-order valence-electron chi connectivity index (χ1n) is 12.4. The number of aromatic nitrogens is 1. The van der Waals surface area contributed by atoms with E-state index in [1.54, 1.807) is 0 Å². The number of aryl methyl sites for hydroxylation is 1. The lowest BCUT2D eigenvalue weighted by Crippen LogP contribution is -2.24. The maximum absolute atomic E-state index is 14.0. The van der Waals surface area contributed by atoms with E-state index in [9.17, 15) is 9.90 Å². The minimum absolute atomic E-state index is 0.00172. The van der Waals surface area contributed by atoms with E-state index in [1.165, 1.54) is 24.2 Å². The molecular weight excluding hydrogens is 444 g/mol. The van der Waals surface area contributed by atoms with Crippen molar-refractivity contribution in [2.75, 3.05) is 13.1 Å². The lowest BCUT2D eigenvalue weighted by Gasteiger charge is -2.22. The molecule has 2 aromatic heterocycles. The quantitative estimate of drug-likeness (QED) is 0.342. The largest absolute Gasteiger partial charge is 0.507 e. The minimum atomic E-state index is -0.0594. The Morgan fingerprint density at radius 1 is 1.15 bits per heavy atom. The van der Waals surface area contributed by atoms with Gasteiger partial charge in [0, 0.05) is 12.5 Å². The van der Waals surface area contributed by atoms with Gasteiger partial charge in [0.1, 0.15) is 22.1 Å². The number of benzene rings is 2. The first-order valence-corrected chi connectivity index (χ1v) is 13.2. The molecule has 1 N–H and O–H groups in total. The zero-order valence-electron chi connectivity index (χ0n) is 20.2. The number of phenols is 1.